The number of benzene rings is 4. The molecule has 39 heavy (non-hydrogen) atoms. The summed E-state index contributed by atoms with van der Waals surface area (Å²) >= 11 is 0. The number of hydrogen-bond donors (Lipinski definition) is 2. The molecular weight excluding hydrogens is 514 g/mol. The standard InChI is InChI=1S/C30H29N3O5S/c1-20-14-16-24(17-15-20)39(35,36)33-32-28-18-23(38-29-13-6-5-11-27(28)29)19-31-30(34)37-21(2)25-12-7-9-22-8-3-4-10-26(22)25/h3-17,21,23,33H,18-19H2,1-2H3,(H,31,34)/b32-28+. The number of para-hydroxylation sites is 1. The molecule has 4 aromatic rings. The van der Waals surface area contributed by atoms with Gasteiger partial charge in [0.05, 0.1) is 17.2 Å². The number of amides is 1. The summed E-state index contributed by atoms with van der Waals surface area (Å²) in [7, 11) is -3.85. The number of carbonyl (C=O) groups excluding carboxylic acids is 1. The fourth-order valence-corrected chi connectivity index (χ4v) is 5.36. The summed E-state index contributed by atoms with van der Waals surface area (Å²) in [4.78, 5) is 15.1. The number of aryl methyl sites for hydroxylation is 1. The van der Waals surface area contributed by atoms with Crippen molar-refractivity contribution >= 4 is 32.6 Å². The number of nitrogens with zero attached hydrogens (tertiary/aromatic N) is 1. The molecule has 5 rings (SSSR count). The molecular formula is C30H29N3O5S. The summed E-state index contributed by atoms with van der Waals surface area (Å²) in [6.45, 7) is 3.87. The first-order valence-corrected chi connectivity index (χ1v) is 14.1. The normalized spacial score (nSPS) is 16.7. The Kier molecular flexibility index (Phi) is 7.51. The zero-order chi connectivity index (χ0) is 27.4. The molecule has 0 aliphatic carbocycles. The van der Waals surface area contributed by atoms with E-state index in [1.54, 1.807) is 18.2 Å². The first-order valence-electron chi connectivity index (χ1n) is 12.6. The van der Waals surface area contributed by atoms with Crippen LogP contribution in [0.2, 0.25) is 0 Å². The van der Waals surface area contributed by atoms with Crippen molar-refractivity contribution in [3.05, 3.63) is 108 Å². The summed E-state index contributed by atoms with van der Waals surface area (Å²) < 4.78 is 37.3. The maximum Gasteiger partial charge on any atom is 0.407 e. The second-order valence-corrected chi connectivity index (χ2v) is 11.1. The average Bonchev–Trinajstić information content (AvgIpc) is 2.94. The highest BCUT2D eigenvalue weighted by Crippen LogP contribution is 2.29. The molecule has 8 nitrogen and oxygen atoms in total. The zero-order valence-corrected chi connectivity index (χ0v) is 22.4. The highest BCUT2D eigenvalue weighted by Gasteiger charge is 2.26. The van der Waals surface area contributed by atoms with Crippen LogP contribution in [-0.4, -0.2) is 32.9 Å². The molecule has 0 bridgehead atoms. The van der Waals surface area contributed by atoms with Gasteiger partial charge < -0.3 is 14.8 Å². The average molecular weight is 544 g/mol. The molecule has 2 N–H and O–H groups in total. The van der Waals surface area contributed by atoms with Gasteiger partial charge in [0.15, 0.2) is 0 Å². The molecule has 1 aliphatic rings. The van der Waals surface area contributed by atoms with Crippen LogP contribution in [0.3, 0.4) is 0 Å². The van der Waals surface area contributed by atoms with Crippen molar-refractivity contribution in [1.29, 1.82) is 0 Å². The van der Waals surface area contributed by atoms with E-state index in [1.807, 2.05) is 74.5 Å². The Morgan fingerprint density at radius 3 is 2.54 bits per heavy atom. The van der Waals surface area contributed by atoms with E-state index in [-0.39, 0.29) is 17.9 Å². The van der Waals surface area contributed by atoms with Crippen molar-refractivity contribution in [2.24, 2.45) is 5.10 Å². The van der Waals surface area contributed by atoms with Gasteiger partial charge in [0.1, 0.15) is 18.0 Å². The molecule has 0 fully saturated rings. The number of carbonyl (C=O) groups is 1. The van der Waals surface area contributed by atoms with Crippen molar-refractivity contribution in [3.8, 4) is 5.75 Å². The van der Waals surface area contributed by atoms with E-state index in [4.69, 9.17) is 9.47 Å². The monoisotopic (exact) mass is 543 g/mol. The van der Waals surface area contributed by atoms with Gasteiger partial charge in [-0.15, -0.1) is 0 Å². The Morgan fingerprint density at radius 2 is 1.72 bits per heavy atom. The van der Waals surface area contributed by atoms with Crippen LogP contribution in [0.4, 0.5) is 4.79 Å². The van der Waals surface area contributed by atoms with E-state index in [1.165, 1.54) is 12.1 Å². The van der Waals surface area contributed by atoms with Crippen LogP contribution < -0.4 is 14.9 Å². The third-order valence-electron chi connectivity index (χ3n) is 6.56. The van der Waals surface area contributed by atoms with Gasteiger partial charge in [-0.2, -0.15) is 18.4 Å². The van der Waals surface area contributed by atoms with E-state index < -0.39 is 28.3 Å². The van der Waals surface area contributed by atoms with Crippen LogP contribution in [0.1, 0.15) is 36.1 Å². The number of sulfonamides is 1. The number of nitrogens with one attached hydrogen (secondary N) is 2. The summed E-state index contributed by atoms with van der Waals surface area (Å²) in [5.41, 5.74) is 3.07. The molecule has 9 heteroatoms. The van der Waals surface area contributed by atoms with E-state index in [2.05, 4.69) is 15.2 Å². The summed E-state index contributed by atoms with van der Waals surface area (Å²) in [6.07, 6.45) is -1.22. The van der Waals surface area contributed by atoms with E-state index in [9.17, 15) is 13.2 Å². The first-order chi connectivity index (χ1) is 18.8. The van der Waals surface area contributed by atoms with E-state index >= 15 is 0 Å². The first kappa shape index (κ1) is 26.2. The highest BCUT2D eigenvalue weighted by atomic mass is 32.2. The Labute approximate surface area is 227 Å². The molecule has 0 aromatic heterocycles. The minimum Gasteiger partial charge on any atom is -0.487 e. The topological polar surface area (TPSA) is 106 Å². The van der Waals surface area contributed by atoms with Crippen molar-refractivity contribution in [3.63, 3.8) is 0 Å². The van der Waals surface area contributed by atoms with Crippen molar-refractivity contribution < 1.29 is 22.7 Å². The second-order valence-electron chi connectivity index (χ2n) is 9.40. The predicted octanol–water partition coefficient (Wildman–Crippen LogP) is 5.47. The molecule has 0 saturated carbocycles. The van der Waals surface area contributed by atoms with Gasteiger partial charge in [0.2, 0.25) is 0 Å². The maximum absolute atomic E-state index is 12.8. The predicted molar refractivity (Wildman–Crippen MR) is 150 cm³/mol. The lowest BCUT2D eigenvalue weighted by Crippen LogP contribution is -2.40. The third-order valence-corrected chi connectivity index (χ3v) is 7.79. The van der Waals surface area contributed by atoms with Gasteiger partial charge in [0.25, 0.3) is 10.0 Å². The molecule has 0 saturated heterocycles. The van der Waals surface area contributed by atoms with Gasteiger partial charge in [-0.1, -0.05) is 72.3 Å². The van der Waals surface area contributed by atoms with Crippen LogP contribution in [0, 0.1) is 6.92 Å². The number of fused-ring (bicyclic) bond motifs is 2. The van der Waals surface area contributed by atoms with E-state index in [0.717, 1.165) is 21.9 Å². The Morgan fingerprint density at radius 1 is 1.00 bits per heavy atom. The fourth-order valence-electron chi connectivity index (χ4n) is 4.53. The Bertz CT molecular complexity index is 1630. The van der Waals surface area contributed by atoms with Crippen LogP contribution in [0.15, 0.2) is 101 Å². The number of ether oxygens (including phenoxy) is 2. The summed E-state index contributed by atoms with van der Waals surface area (Å²) in [6, 6.07) is 27.6. The quantitative estimate of drug-likeness (QED) is 0.301. The molecule has 1 amide bonds. The van der Waals surface area contributed by atoms with Crippen LogP contribution in [-0.2, 0) is 14.8 Å². The van der Waals surface area contributed by atoms with Crippen LogP contribution in [0.5, 0.6) is 5.75 Å². The molecule has 0 spiro atoms. The molecule has 200 valence electrons. The van der Waals surface area contributed by atoms with Gasteiger partial charge >= 0.3 is 6.09 Å². The molecule has 4 aromatic carbocycles. The zero-order valence-electron chi connectivity index (χ0n) is 21.6. The molecule has 2 atom stereocenters. The smallest absolute Gasteiger partial charge is 0.407 e. The number of hydrazone groups is 1. The second kappa shape index (κ2) is 11.2. The lowest BCUT2D eigenvalue weighted by Gasteiger charge is -2.27. The Hall–Kier alpha value is -4.37. The summed E-state index contributed by atoms with van der Waals surface area (Å²) in [5, 5.41) is 9.12. The molecule has 0 radical (unpaired) electrons. The fraction of sp³-hybridized carbons (Fsp3) is 0.200. The van der Waals surface area contributed by atoms with Gasteiger partial charge in [-0.05, 0) is 48.9 Å². The van der Waals surface area contributed by atoms with Gasteiger partial charge in [-0.25, -0.2) is 4.79 Å². The Balaban J connectivity index is 1.25. The van der Waals surface area contributed by atoms with Gasteiger partial charge in [-0.3, -0.25) is 0 Å². The van der Waals surface area contributed by atoms with Crippen molar-refractivity contribution in [1.82, 2.24) is 10.1 Å². The third kappa shape index (κ3) is 6.04. The van der Waals surface area contributed by atoms with Crippen molar-refractivity contribution in [2.45, 2.75) is 37.4 Å². The number of hydrogen-bond acceptors (Lipinski definition) is 6. The largest absolute Gasteiger partial charge is 0.487 e. The summed E-state index contributed by atoms with van der Waals surface area (Å²) in [5.74, 6) is 0.557. The van der Waals surface area contributed by atoms with E-state index in [0.29, 0.717) is 17.0 Å². The SMILES string of the molecule is Cc1ccc(S(=O)(=O)N/N=C2\CC(CNC(=O)OC(C)c3cccc4ccccc34)Oc3ccccc32)cc1. The molecule has 2 unspecified atom stereocenters. The molecule has 1 aliphatic heterocycles. The van der Waals surface area contributed by atoms with Gasteiger partial charge in [0, 0.05) is 17.5 Å². The van der Waals surface area contributed by atoms with Crippen molar-refractivity contribution in [2.75, 3.05) is 6.54 Å². The maximum atomic E-state index is 12.8. The minimum absolute atomic E-state index is 0.124. The minimum atomic E-state index is -3.85. The number of alkyl carbamates (subject to hydrolysis) is 1. The lowest BCUT2D eigenvalue weighted by molar-refractivity contribution is 0.102. The van der Waals surface area contributed by atoms with Crippen LogP contribution in [0.25, 0.3) is 10.8 Å². The highest BCUT2D eigenvalue weighted by molar-refractivity contribution is 7.89. The molecule has 1 heterocycles. The lowest BCUT2D eigenvalue weighted by atomic mass is 10.00. The van der Waals surface area contributed by atoms with Crippen LogP contribution >= 0.6 is 0 Å². The number of rotatable bonds is 7.